The first-order valence-corrected chi connectivity index (χ1v) is 11.6. The summed E-state index contributed by atoms with van der Waals surface area (Å²) in [6.07, 6.45) is 11.6. The number of fused-ring (bicyclic) bond motifs is 1. The lowest BCUT2D eigenvalue weighted by atomic mass is 10.1. The van der Waals surface area contributed by atoms with Crippen LogP contribution in [0.3, 0.4) is 0 Å². The van der Waals surface area contributed by atoms with Crippen LogP contribution in [-0.2, 0) is 0 Å². The summed E-state index contributed by atoms with van der Waals surface area (Å²) in [5.41, 5.74) is 4.31. The number of benzene rings is 1. The van der Waals surface area contributed by atoms with E-state index < -0.39 is 0 Å². The van der Waals surface area contributed by atoms with E-state index in [0.717, 1.165) is 35.7 Å². The van der Waals surface area contributed by atoms with Gasteiger partial charge in [-0.1, -0.05) is 32.8 Å². The van der Waals surface area contributed by atoms with Gasteiger partial charge in [0.05, 0.1) is 12.3 Å². The van der Waals surface area contributed by atoms with Gasteiger partial charge in [0.25, 0.3) is 0 Å². The number of ether oxygens (including phenoxy) is 1. The molecule has 3 rings (SSSR count). The van der Waals surface area contributed by atoms with Crippen LogP contribution >= 0.6 is 37.2 Å². The third kappa shape index (κ3) is 10.4. The third-order valence-electron chi connectivity index (χ3n) is 5.62. The quantitative estimate of drug-likeness (QED) is 0.226. The van der Waals surface area contributed by atoms with Gasteiger partial charge in [-0.2, -0.15) is 0 Å². The molecule has 0 bridgehead atoms. The fraction of sp³-hybridized carbons (Fsp3) is 0.500. The molecule has 0 saturated carbocycles. The zero-order chi connectivity index (χ0) is 21.2. The Bertz CT molecular complexity index is 896. The van der Waals surface area contributed by atoms with E-state index in [2.05, 4.69) is 72.7 Å². The number of imidazole rings is 1. The standard InChI is InChI=1S/C26H37N3O.3ClH.H2O/c1-4-6-16-28(17-7-5-2)18-8-9-20-30-24-14-12-23(13-15-24)25-21-29-19-10-11-22(3)26(29)27-25;;;;/h10-15,19,21H,4-9,16-18,20H2,1-3H3;3*1H;1H2. The summed E-state index contributed by atoms with van der Waals surface area (Å²) in [7, 11) is 0. The lowest BCUT2D eigenvalue weighted by Gasteiger charge is -2.21. The van der Waals surface area contributed by atoms with Crippen molar-refractivity contribution in [2.24, 2.45) is 0 Å². The Morgan fingerprint density at radius 2 is 1.47 bits per heavy atom. The number of hydrogen-bond donors (Lipinski definition) is 0. The lowest BCUT2D eigenvalue weighted by molar-refractivity contribution is 0.243. The number of rotatable bonds is 13. The predicted molar refractivity (Wildman–Crippen MR) is 152 cm³/mol. The molecule has 0 atom stereocenters. The first kappa shape index (κ1) is 34.7. The minimum Gasteiger partial charge on any atom is -0.494 e. The smallest absolute Gasteiger partial charge is 0.140 e. The highest BCUT2D eigenvalue weighted by Crippen LogP contribution is 2.23. The molecule has 8 heteroatoms. The van der Waals surface area contributed by atoms with Crippen molar-refractivity contribution in [1.29, 1.82) is 0 Å². The summed E-state index contributed by atoms with van der Waals surface area (Å²) >= 11 is 0. The van der Waals surface area contributed by atoms with Gasteiger partial charge in [0.2, 0.25) is 0 Å². The highest BCUT2D eigenvalue weighted by atomic mass is 35.5. The van der Waals surface area contributed by atoms with E-state index in [0.29, 0.717) is 0 Å². The molecule has 0 unspecified atom stereocenters. The fourth-order valence-corrected chi connectivity index (χ4v) is 3.74. The molecule has 0 fully saturated rings. The summed E-state index contributed by atoms with van der Waals surface area (Å²) in [5, 5.41) is 0. The highest BCUT2D eigenvalue weighted by Gasteiger charge is 2.07. The molecule has 194 valence electrons. The van der Waals surface area contributed by atoms with Gasteiger partial charge in [0.15, 0.2) is 0 Å². The number of nitrogens with zero attached hydrogens (tertiary/aromatic N) is 3. The molecule has 0 spiro atoms. The summed E-state index contributed by atoms with van der Waals surface area (Å²) in [4.78, 5) is 7.40. The van der Waals surface area contributed by atoms with Gasteiger partial charge >= 0.3 is 0 Å². The molecule has 0 radical (unpaired) electrons. The Hall–Kier alpha value is -1.50. The molecule has 0 saturated heterocycles. The molecule has 0 aliphatic rings. The Morgan fingerprint density at radius 1 is 0.853 bits per heavy atom. The van der Waals surface area contributed by atoms with Crippen LogP contribution < -0.4 is 4.74 Å². The van der Waals surface area contributed by atoms with Crippen molar-refractivity contribution >= 4 is 42.9 Å². The maximum absolute atomic E-state index is 5.97. The van der Waals surface area contributed by atoms with Gasteiger partial charge in [-0.05, 0) is 88.1 Å². The number of pyridine rings is 1. The first-order valence-electron chi connectivity index (χ1n) is 11.6. The second-order valence-corrected chi connectivity index (χ2v) is 8.18. The molecule has 1 aromatic carbocycles. The second kappa shape index (κ2) is 18.8. The number of aryl methyl sites for hydroxylation is 1. The van der Waals surface area contributed by atoms with Gasteiger partial charge in [-0.3, -0.25) is 0 Å². The van der Waals surface area contributed by atoms with Crippen molar-refractivity contribution in [2.75, 3.05) is 26.2 Å². The van der Waals surface area contributed by atoms with E-state index >= 15 is 0 Å². The molecule has 34 heavy (non-hydrogen) atoms. The van der Waals surface area contributed by atoms with Crippen LogP contribution in [0.2, 0.25) is 0 Å². The van der Waals surface area contributed by atoms with Crippen molar-refractivity contribution < 1.29 is 10.2 Å². The monoisotopic (exact) mass is 533 g/mol. The van der Waals surface area contributed by atoms with Crippen LogP contribution in [0.5, 0.6) is 5.75 Å². The second-order valence-electron chi connectivity index (χ2n) is 8.18. The molecule has 2 N–H and O–H groups in total. The minimum atomic E-state index is 0. The number of hydrogen-bond acceptors (Lipinski definition) is 3. The molecule has 0 aliphatic carbocycles. The Morgan fingerprint density at radius 3 is 2.06 bits per heavy atom. The van der Waals surface area contributed by atoms with Crippen molar-refractivity contribution in [2.45, 2.75) is 59.3 Å². The van der Waals surface area contributed by atoms with Gasteiger partial charge in [-0.25, -0.2) is 4.98 Å². The van der Waals surface area contributed by atoms with Gasteiger partial charge in [0.1, 0.15) is 11.4 Å². The summed E-state index contributed by atoms with van der Waals surface area (Å²) in [6, 6.07) is 12.5. The van der Waals surface area contributed by atoms with Crippen molar-refractivity contribution in [3.8, 4) is 17.0 Å². The Kier molecular flexibility index (Phi) is 19.1. The number of aromatic nitrogens is 2. The van der Waals surface area contributed by atoms with Crippen molar-refractivity contribution in [3.63, 3.8) is 0 Å². The van der Waals surface area contributed by atoms with Crippen LogP contribution in [-0.4, -0.2) is 46.0 Å². The third-order valence-corrected chi connectivity index (χ3v) is 5.62. The summed E-state index contributed by atoms with van der Waals surface area (Å²) in [6.45, 7) is 11.1. The molecule has 0 amide bonds. The van der Waals surface area contributed by atoms with Gasteiger partial charge in [0, 0.05) is 18.0 Å². The molecular weight excluding hydrogens is 493 g/mol. The Labute approximate surface area is 223 Å². The van der Waals surface area contributed by atoms with Crippen LogP contribution in [0.1, 0.15) is 57.9 Å². The largest absolute Gasteiger partial charge is 0.494 e. The van der Waals surface area contributed by atoms with Gasteiger partial charge in [-0.15, -0.1) is 37.2 Å². The average molecular weight is 535 g/mol. The fourth-order valence-electron chi connectivity index (χ4n) is 3.74. The Balaban J connectivity index is 0. The summed E-state index contributed by atoms with van der Waals surface area (Å²) < 4.78 is 8.06. The van der Waals surface area contributed by atoms with Crippen molar-refractivity contribution in [1.82, 2.24) is 14.3 Å². The van der Waals surface area contributed by atoms with Crippen LogP contribution in [0.4, 0.5) is 0 Å². The van der Waals surface area contributed by atoms with Gasteiger partial charge < -0.3 is 19.5 Å². The molecule has 0 aliphatic heterocycles. The maximum Gasteiger partial charge on any atom is 0.140 e. The van der Waals surface area contributed by atoms with Crippen molar-refractivity contribution in [3.05, 3.63) is 54.4 Å². The maximum atomic E-state index is 5.97. The van der Waals surface area contributed by atoms with Crippen LogP contribution in [0, 0.1) is 6.92 Å². The van der Waals surface area contributed by atoms with E-state index in [1.165, 1.54) is 57.3 Å². The van der Waals surface area contributed by atoms with E-state index in [1.54, 1.807) is 0 Å². The van der Waals surface area contributed by atoms with E-state index in [4.69, 9.17) is 9.72 Å². The SMILES string of the molecule is CCCCN(CCCC)CCCCOc1ccc(-c2cn3cccc(C)c3n2)cc1.Cl.Cl.Cl.O. The average Bonchev–Trinajstić information content (AvgIpc) is 3.21. The molecule has 2 aromatic heterocycles. The minimum absolute atomic E-state index is 0. The van der Waals surface area contributed by atoms with Crippen LogP contribution in [0.15, 0.2) is 48.8 Å². The first-order chi connectivity index (χ1) is 14.7. The molecule has 3 aromatic rings. The predicted octanol–water partition coefficient (Wildman–Crippen LogP) is 6.81. The van der Waals surface area contributed by atoms with Crippen LogP contribution in [0.25, 0.3) is 16.9 Å². The zero-order valence-corrected chi connectivity index (χ0v) is 23.1. The van der Waals surface area contributed by atoms with E-state index in [1.807, 2.05) is 6.20 Å². The normalized spacial score (nSPS) is 10.1. The molecule has 5 nitrogen and oxygen atoms in total. The lowest BCUT2D eigenvalue weighted by Crippen LogP contribution is -2.27. The number of halogens is 3. The molecule has 2 heterocycles. The topological polar surface area (TPSA) is 61.3 Å². The van der Waals surface area contributed by atoms with E-state index in [-0.39, 0.29) is 42.7 Å². The number of unbranched alkanes of at least 4 members (excludes halogenated alkanes) is 3. The summed E-state index contributed by atoms with van der Waals surface area (Å²) in [5.74, 6) is 0.938. The molecular formula is C26H42Cl3N3O2. The highest BCUT2D eigenvalue weighted by molar-refractivity contribution is 5.86. The zero-order valence-electron chi connectivity index (χ0n) is 20.7. The van der Waals surface area contributed by atoms with E-state index in [9.17, 15) is 0 Å².